The van der Waals surface area contributed by atoms with Crippen LogP contribution in [0.4, 0.5) is 11.6 Å². The normalized spacial score (nSPS) is 16.6. The third-order valence-corrected chi connectivity index (χ3v) is 7.25. The summed E-state index contributed by atoms with van der Waals surface area (Å²) in [5.41, 5.74) is 4.76. The molecule has 1 saturated carbocycles. The van der Waals surface area contributed by atoms with Gasteiger partial charge in [0.1, 0.15) is 11.2 Å². The van der Waals surface area contributed by atoms with Crippen LogP contribution in [0.2, 0.25) is 0 Å². The molecule has 196 valence electrons. The molecule has 2 N–H and O–H groups in total. The second kappa shape index (κ2) is 11.4. The zero-order valence-electron chi connectivity index (χ0n) is 21.7. The Labute approximate surface area is 217 Å². The number of amides is 1. The molecule has 9 heteroatoms. The minimum atomic E-state index is -0.556. The lowest BCUT2D eigenvalue weighted by molar-refractivity contribution is 0.0000764. The number of carbonyl (C=O) groups is 1. The van der Waals surface area contributed by atoms with Gasteiger partial charge in [-0.2, -0.15) is 4.98 Å². The molecule has 1 aliphatic carbocycles. The molecule has 1 amide bonds. The Morgan fingerprint density at radius 3 is 2.54 bits per heavy atom. The highest BCUT2D eigenvalue weighted by atomic mass is 16.7. The molecule has 5 rings (SSSR count). The van der Waals surface area contributed by atoms with Crippen molar-refractivity contribution in [3.63, 3.8) is 0 Å². The summed E-state index contributed by atoms with van der Waals surface area (Å²) in [7, 11) is 0. The van der Waals surface area contributed by atoms with Crippen LogP contribution in [0.5, 0.6) is 0 Å². The fourth-order valence-electron chi connectivity index (χ4n) is 5.22. The summed E-state index contributed by atoms with van der Waals surface area (Å²) in [6, 6.07) is 8.53. The molecule has 0 bridgehead atoms. The molecule has 1 aromatic carbocycles. The second-order valence-electron chi connectivity index (χ2n) is 10.4. The smallest absolute Gasteiger partial charge is 0.280 e. The first-order chi connectivity index (χ1) is 18.0. The standard InChI is InChI=1S/C28H36N6O3/c1-19(2)37-32-27(36)24-18-34(22-7-3-4-8-22)26-23(25(24)35)17-29-28(31-26)30-21-11-9-20(10-12-21)13-16-33-14-5-6-15-33/h9-12,17-19,22H,3-8,13-16H2,1-2H3,(H,32,36)(H,29,30,31). The molecule has 0 unspecified atom stereocenters. The molecule has 9 nitrogen and oxygen atoms in total. The fourth-order valence-corrected chi connectivity index (χ4v) is 5.22. The third-order valence-electron chi connectivity index (χ3n) is 7.25. The summed E-state index contributed by atoms with van der Waals surface area (Å²) in [6.45, 7) is 7.14. The number of aromatic nitrogens is 3. The van der Waals surface area contributed by atoms with Gasteiger partial charge >= 0.3 is 0 Å². The Hall–Kier alpha value is -3.30. The van der Waals surface area contributed by atoms with E-state index in [1.165, 1.54) is 37.7 Å². The first kappa shape index (κ1) is 25.4. The van der Waals surface area contributed by atoms with Gasteiger partial charge < -0.3 is 14.8 Å². The average Bonchev–Trinajstić information content (AvgIpc) is 3.62. The summed E-state index contributed by atoms with van der Waals surface area (Å²) >= 11 is 0. The van der Waals surface area contributed by atoms with Crippen molar-refractivity contribution in [1.29, 1.82) is 0 Å². The van der Waals surface area contributed by atoms with Gasteiger partial charge in [-0.3, -0.25) is 14.4 Å². The molecule has 0 atom stereocenters. The molecule has 0 radical (unpaired) electrons. The predicted octanol–water partition coefficient (Wildman–Crippen LogP) is 4.36. The van der Waals surface area contributed by atoms with Gasteiger partial charge in [0.05, 0.1) is 11.5 Å². The number of fused-ring (bicyclic) bond motifs is 1. The Balaban J connectivity index is 1.39. The number of nitrogens with one attached hydrogen (secondary N) is 2. The summed E-state index contributed by atoms with van der Waals surface area (Å²) in [4.78, 5) is 42.8. The second-order valence-corrected chi connectivity index (χ2v) is 10.4. The van der Waals surface area contributed by atoms with E-state index in [1.54, 1.807) is 6.20 Å². The van der Waals surface area contributed by atoms with E-state index in [-0.39, 0.29) is 17.7 Å². The molecule has 2 aliphatic rings. The van der Waals surface area contributed by atoms with Gasteiger partial charge in [-0.15, -0.1) is 0 Å². The van der Waals surface area contributed by atoms with Crippen molar-refractivity contribution in [3.05, 3.63) is 58.0 Å². The van der Waals surface area contributed by atoms with E-state index in [1.807, 2.05) is 30.5 Å². The molecule has 3 heterocycles. The number of rotatable bonds is 9. The van der Waals surface area contributed by atoms with Gasteiger partial charge in [-0.25, -0.2) is 10.5 Å². The molecular formula is C28H36N6O3. The summed E-state index contributed by atoms with van der Waals surface area (Å²) in [5, 5.41) is 3.61. The molecule has 1 saturated heterocycles. The zero-order valence-corrected chi connectivity index (χ0v) is 21.7. The maximum Gasteiger partial charge on any atom is 0.280 e. The summed E-state index contributed by atoms with van der Waals surface area (Å²) < 4.78 is 1.97. The lowest BCUT2D eigenvalue weighted by Gasteiger charge is -2.19. The van der Waals surface area contributed by atoms with Crippen LogP contribution in [0.1, 0.15) is 74.3 Å². The van der Waals surface area contributed by atoms with Crippen LogP contribution in [0, 0.1) is 0 Å². The topological polar surface area (TPSA) is 101 Å². The van der Waals surface area contributed by atoms with Gasteiger partial charge in [-0.05, 0) is 76.7 Å². The minimum absolute atomic E-state index is 0.0360. The van der Waals surface area contributed by atoms with Gasteiger partial charge in [0.2, 0.25) is 11.4 Å². The van der Waals surface area contributed by atoms with Crippen molar-refractivity contribution in [2.75, 3.05) is 25.0 Å². The number of hydrogen-bond donors (Lipinski definition) is 2. The summed E-state index contributed by atoms with van der Waals surface area (Å²) in [6.07, 6.45) is 10.8. The lowest BCUT2D eigenvalue weighted by atomic mass is 10.1. The monoisotopic (exact) mass is 504 g/mol. The van der Waals surface area contributed by atoms with Crippen molar-refractivity contribution in [2.24, 2.45) is 0 Å². The number of likely N-dealkylation sites (tertiary alicyclic amines) is 1. The average molecular weight is 505 g/mol. The Kier molecular flexibility index (Phi) is 7.81. The number of pyridine rings is 1. The van der Waals surface area contributed by atoms with Crippen LogP contribution < -0.4 is 16.2 Å². The predicted molar refractivity (Wildman–Crippen MR) is 144 cm³/mol. The van der Waals surface area contributed by atoms with E-state index >= 15 is 0 Å². The lowest BCUT2D eigenvalue weighted by Crippen LogP contribution is -2.32. The van der Waals surface area contributed by atoms with Crippen molar-refractivity contribution in [2.45, 2.75) is 70.9 Å². The van der Waals surface area contributed by atoms with E-state index in [0.29, 0.717) is 17.0 Å². The maximum absolute atomic E-state index is 13.2. The van der Waals surface area contributed by atoms with Gasteiger partial charge in [0.25, 0.3) is 5.91 Å². The third kappa shape index (κ3) is 5.99. The van der Waals surface area contributed by atoms with Crippen LogP contribution in [-0.4, -0.2) is 51.1 Å². The highest BCUT2D eigenvalue weighted by Gasteiger charge is 2.24. The zero-order chi connectivity index (χ0) is 25.8. The number of hydroxylamine groups is 1. The van der Waals surface area contributed by atoms with Crippen LogP contribution in [0.25, 0.3) is 11.0 Å². The van der Waals surface area contributed by atoms with E-state index in [4.69, 9.17) is 9.82 Å². The van der Waals surface area contributed by atoms with E-state index in [2.05, 4.69) is 32.8 Å². The minimum Gasteiger partial charge on any atom is -0.328 e. The fraction of sp³-hybridized carbons (Fsp3) is 0.500. The largest absolute Gasteiger partial charge is 0.328 e. The van der Waals surface area contributed by atoms with Crippen molar-refractivity contribution in [1.82, 2.24) is 24.9 Å². The summed E-state index contributed by atoms with van der Waals surface area (Å²) in [5.74, 6) is -0.136. The number of hydrogen-bond acceptors (Lipinski definition) is 7. The highest BCUT2D eigenvalue weighted by Crippen LogP contribution is 2.31. The number of anilines is 2. The van der Waals surface area contributed by atoms with Crippen LogP contribution in [-0.2, 0) is 11.3 Å². The number of carbonyl (C=O) groups excluding carboxylic acids is 1. The molecular weight excluding hydrogens is 468 g/mol. The van der Waals surface area contributed by atoms with Crippen LogP contribution in [0.3, 0.4) is 0 Å². The van der Waals surface area contributed by atoms with Gasteiger partial charge in [0, 0.05) is 30.7 Å². The van der Waals surface area contributed by atoms with Gasteiger partial charge in [-0.1, -0.05) is 25.0 Å². The molecule has 1 aliphatic heterocycles. The van der Waals surface area contributed by atoms with Crippen molar-refractivity contribution in [3.8, 4) is 0 Å². The first-order valence-corrected chi connectivity index (χ1v) is 13.4. The number of nitrogens with zero attached hydrogens (tertiary/aromatic N) is 4. The van der Waals surface area contributed by atoms with Crippen LogP contribution >= 0.6 is 0 Å². The Morgan fingerprint density at radius 2 is 1.84 bits per heavy atom. The van der Waals surface area contributed by atoms with Crippen molar-refractivity contribution >= 4 is 28.6 Å². The first-order valence-electron chi connectivity index (χ1n) is 13.4. The molecule has 3 aromatic rings. The molecule has 0 spiro atoms. The Morgan fingerprint density at radius 1 is 1.11 bits per heavy atom. The maximum atomic E-state index is 13.2. The molecule has 2 aromatic heterocycles. The highest BCUT2D eigenvalue weighted by molar-refractivity contribution is 5.96. The van der Waals surface area contributed by atoms with E-state index in [0.717, 1.165) is 44.3 Å². The number of benzene rings is 1. The molecule has 37 heavy (non-hydrogen) atoms. The van der Waals surface area contributed by atoms with Gasteiger partial charge in [0.15, 0.2) is 0 Å². The Bertz CT molecular complexity index is 1290. The van der Waals surface area contributed by atoms with Crippen LogP contribution in [0.15, 0.2) is 41.5 Å². The quantitative estimate of drug-likeness (QED) is 0.418. The molecule has 2 fully saturated rings. The van der Waals surface area contributed by atoms with E-state index < -0.39 is 11.3 Å². The van der Waals surface area contributed by atoms with Crippen molar-refractivity contribution < 1.29 is 9.63 Å². The SMILES string of the molecule is CC(C)ONC(=O)c1cn(C2CCCC2)c2nc(Nc3ccc(CCN4CCCC4)cc3)ncc2c1=O. The van der Waals surface area contributed by atoms with E-state index in [9.17, 15) is 9.59 Å².